The highest BCUT2D eigenvalue weighted by Gasteiger charge is 2.33. The number of amides is 1. The molecular formula is C13H20N2O3. The summed E-state index contributed by atoms with van der Waals surface area (Å²) in [5, 5.41) is 16.8. The highest BCUT2D eigenvalue weighted by atomic mass is 16.5. The monoisotopic (exact) mass is 252 g/mol. The summed E-state index contributed by atoms with van der Waals surface area (Å²) in [4.78, 5) is 11.8. The van der Waals surface area contributed by atoms with Crippen molar-refractivity contribution in [2.24, 2.45) is 5.92 Å². The van der Waals surface area contributed by atoms with Crippen LogP contribution in [0.2, 0.25) is 0 Å². The number of aryl methyl sites for hydroxylation is 1. The first-order valence-corrected chi connectivity index (χ1v) is 6.42. The van der Waals surface area contributed by atoms with E-state index in [-0.39, 0.29) is 18.1 Å². The number of hydrogen-bond acceptors (Lipinski definition) is 4. The molecule has 1 aliphatic carbocycles. The third kappa shape index (κ3) is 3.10. The Morgan fingerprint density at radius 3 is 3.11 bits per heavy atom. The summed E-state index contributed by atoms with van der Waals surface area (Å²) < 4.78 is 4.85. The van der Waals surface area contributed by atoms with Crippen molar-refractivity contribution in [3.05, 3.63) is 17.5 Å². The highest BCUT2D eigenvalue weighted by Crippen LogP contribution is 2.31. The molecule has 100 valence electrons. The van der Waals surface area contributed by atoms with Gasteiger partial charge < -0.3 is 14.9 Å². The first kappa shape index (κ1) is 13.1. The number of rotatable bonds is 3. The first-order valence-electron chi connectivity index (χ1n) is 6.42. The zero-order chi connectivity index (χ0) is 13.2. The second-order valence-electron chi connectivity index (χ2n) is 5.43. The molecule has 2 atom stereocenters. The summed E-state index contributed by atoms with van der Waals surface area (Å²) in [5.41, 5.74) is -0.508. The van der Waals surface area contributed by atoms with Crippen LogP contribution in [-0.4, -0.2) is 28.3 Å². The Morgan fingerprint density at radius 1 is 1.72 bits per heavy atom. The summed E-state index contributed by atoms with van der Waals surface area (Å²) in [6.45, 7) is 4.15. The molecule has 5 nitrogen and oxygen atoms in total. The summed E-state index contributed by atoms with van der Waals surface area (Å²) in [7, 11) is 0. The average molecular weight is 252 g/mol. The predicted octanol–water partition coefficient (Wildman–Crippen LogP) is 1.65. The SMILES string of the molecule is Cc1cc(C(=O)NCC2(O)CCCC(C)C2)no1. The molecule has 2 rings (SSSR count). The molecule has 1 aromatic heterocycles. The maximum absolute atomic E-state index is 11.8. The molecule has 1 saturated carbocycles. The molecule has 1 heterocycles. The van der Waals surface area contributed by atoms with Gasteiger partial charge in [-0.1, -0.05) is 24.9 Å². The minimum atomic E-state index is -0.772. The Morgan fingerprint density at radius 2 is 2.50 bits per heavy atom. The molecular weight excluding hydrogens is 232 g/mol. The molecule has 1 fully saturated rings. The fraction of sp³-hybridized carbons (Fsp3) is 0.692. The van der Waals surface area contributed by atoms with Crippen LogP contribution < -0.4 is 5.32 Å². The number of hydrogen-bond donors (Lipinski definition) is 2. The van der Waals surface area contributed by atoms with Gasteiger partial charge in [0.2, 0.25) is 0 Å². The van der Waals surface area contributed by atoms with Crippen LogP contribution in [0, 0.1) is 12.8 Å². The van der Waals surface area contributed by atoms with E-state index in [1.165, 1.54) is 0 Å². The van der Waals surface area contributed by atoms with Crippen LogP contribution in [0.1, 0.15) is 48.9 Å². The van der Waals surface area contributed by atoms with Crippen LogP contribution in [0.4, 0.5) is 0 Å². The van der Waals surface area contributed by atoms with Crippen molar-refractivity contribution in [2.75, 3.05) is 6.54 Å². The van der Waals surface area contributed by atoms with Gasteiger partial charge in [0.25, 0.3) is 5.91 Å². The molecule has 0 bridgehead atoms. The van der Waals surface area contributed by atoms with E-state index in [0.717, 1.165) is 25.7 Å². The number of aromatic nitrogens is 1. The van der Waals surface area contributed by atoms with Crippen LogP contribution in [0.15, 0.2) is 10.6 Å². The first-order chi connectivity index (χ1) is 8.48. The molecule has 5 heteroatoms. The van der Waals surface area contributed by atoms with E-state index >= 15 is 0 Å². The van der Waals surface area contributed by atoms with E-state index in [4.69, 9.17) is 4.52 Å². The number of nitrogens with zero attached hydrogens (tertiary/aromatic N) is 1. The second-order valence-corrected chi connectivity index (χ2v) is 5.43. The van der Waals surface area contributed by atoms with Gasteiger partial charge in [-0.25, -0.2) is 0 Å². The Bertz CT molecular complexity index is 430. The highest BCUT2D eigenvalue weighted by molar-refractivity contribution is 5.92. The van der Waals surface area contributed by atoms with Gasteiger partial charge >= 0.3 is 0 Å². The summed E-state index contributed by atoms with van der Waals surface area (Å²) in [5.74, 6) is 0.818. The Balaban J connectivity index is 1.89. The van der Waals surface area contributed by atoms with Crippen LogP contribution >= 0.6 is 0 Å². The fourth-order valence-electron chi connectivity index (χ4n) is 2.60. The topological polar surface area (TPSA) is 75.4 Å². The van der Waals surface area contributed by atoms with Crippen LogP contribution in [0.5, 0.6) is 0 Å². The quantitative estimate of drug-likeness (QED) is 0.857. The van der Waals surface area contributed by atoms with Crippen LogP contribution in [-0.2, 0) is 0 Å². The van der Waals surface area contributed by atoms with E-state index in [9.17, 15) is 9.90 Å². The number of aliphatic hydroxyl groups is 1. The van der Waals surface area contributed by atoms with Crippen molar-refractivity contribution in [3.8, 4) is 0 Å². The van der Waals surface area contributed by atoms with Gasteiger partial charge in [0, 0.05) is 12.6 Å². The third-order valence-corrected chi connectivity index (χ3v) is 3.51. The van der Waals surface area contributed by atoms with Crippen molar-refractivity contribution in [1.82, 2.24) is 10.5 Å². The van der Waals surface area contributed by atoms with Crippen LogP contribution in [0.3, 0.4) is 0 Å². The number of carbonyl (C=O) groups is 1. The maximum atomic E-state index is 11.8. The van der Waals surface area contributed by atoms with E-state index in [1.807, 2.05) is 0 Å². The number of nitrogens with one attached hydrogen (secondary N) is 1. The summed E-state index contributed by atoms with van der Waals surface area (Å²) >= 11 is 0. The van der Waals surface area contributed by atoms with E-state index in [1.54, 1.807) is 13.0 Å². The molecule has 0 saturated heterocycles. The Kier molecular flexibility index (Phi) is 3.71. The molecule has 18 heavy (non-hydrogen) atoms. The van der Waals surface area contributed by atoms with Crippen molar-refractivity contribution in [3.63, 3.8) is 0 Å². The molecule has 0 aliphatic heterocycles. The minimum Gasteiger partial charge on any atom is -0.388 e. The fourth-order valence-corrected chi connectivity index (χ4v) is 2.60. The molecule has 0 spiro atoms. The Labute approximate surface area is 107 Å². The van der Waals surface area contributed by atoms with Gasteiger partial charge in [-0.2, -0.15) is 0 Å². The molecule has 1 aliphatic rings. The summed E-state index contributed by atoms with van der Waals surface area (Å²) in [6.07, 6.45) is 3.65. The molecule has 2 unspecified atom stereocenters. The van der Waals surface area contributed by atoms with Gasteiger partial charge in [-0.15, -0.1) is 0 Å². The second kappa shape index (κ2) is 5.10. The molecule has 1 aromatic rings. The summed E-state index contributed by atoms with van der Waals surface area (Å²) in [6, 6.07) is 1.59. The standard InChI is InChI=1S/C13H20N2O3/c1-9-4-3-5-13(17,7-9)8-14-12(16)11-6-10(2)18-15-11/h6,9,17H,3-5,7-8H2,1-2H3,(H,14,16). The van der Waals surface area contributed by atoms with Gasteiger partial charge in [-0.05, 0) is 25.7 Å². The van der Waals surface area contributed by atoms with E-state index in [2.05, 4.69) is 17.4 Å². The lowest BCUT2D eigenvalue weighted by molar-refractivity contribution is -0.0110. The van der Waals surface area contributed by atoms with Crippen molar-refractivity contribution < 1.29 is 14.4 Å². The van der Waals surface area contributed by atoms with E-state index < -0.39 is 5.60 Å². The van der Waals surface area contributed by atoms with E-state index in [0.29, 0.717) is 11.7 Å². The predicted molar refractivity (Wildman–Crippen MR) is 66.2 cm³/mol. The van der Waals surface area contributed by atoms with Gasteiger partial charge in [0.05, 0.1) is 5.60 Å². The van der Waals surface area contributed by atoms with Crippen LogP contribution in [0.25, 0.3) is 0 Å². The van der Waals surface area contributed by atoms with Gasteiger partial charge in [0.1, 0.15) is 5.76 Å². The molecule has 0 aromatic carbocycles. The lowest BCUT2D eigenvalue weighted by Crippen LogP contribution is -2.45. The van der Waals surface area contributed by atoms with Gasteiger partial charge in [-0.3, -0.25) is 4.79 Å². The normalized spacial score (nSPS) is 28.1. The molecule has 1 amide bonds. The van der Waals surface area contributed by atoms with Gasteiger partial charge in [0.15, 0.2) is 5.69 Å². The lowest BCUT2D eigenvalue weighted by Gasteiger charge is -2.35. The zero-order valence-electron chi connectivity index (χ0n) is 10.9. The maximum Gasteiger partial charge on any atom is 0.273 e. The molecule has 2 N–H and O–H groups in total. The van der Waals surface area contributed by atoms with Crippen molar-refractivity contribution in [2.45, 2.75) is 45.1 Å². The largest absolute Gasteiger partial charge is 0.388 e. The average Bonchev–Trinajstić information content (AvgIpc) is 2.73. The van der Waals surface area contributed by atoms with Crippen molar-refractivity contribution in [1.29, 1.82) is 0 Å². The smallest absolute Gasteiger partial charge is 0.273 e. The third-order valence-electron chi connectivity index (χ3n) is 3.51. The lowest BCUT2D eigenvalue weighted by atomic mass is 9.79. The minimum absolute atomic E-state index is 0.264. The molecule has 0 radical (unpaired) electrons. The van der Waals surface area contributed by atoms with Crippen molar-refractivity contribution >= 4 is 5.91 Å². The zero-order valence-corrected chi connectivity index (χ0v) is 10.9. The Hall–Kier alpha value is -1.36. The number of carbonyl (C=O) groups excluding carboxylic acids is 1.